The molecule has 0 atom stereocenters. The lowest BCUT2D eigenvalue weighted by Crippen LogP contribution is -2.40. The van der Waals surface area contributed by atoms with Gasteiger partial charge in [0.1, 0.15) is 5.60 Å². The van der Waals surface area contributed by atoms with Crippen LogP contribution in [0.1, 0.15) is 19.4 Å². The van der Waals surface area contributed by atoms with Gasteiger partial charge < -0.3 is 5.11 Å². The molecule has 0 saturated carbocycles. The molecule has 0 radical (unpaired) electrons. The van der Waals surface area contributed by atoms with Crippen LogP contribution in [0.2, 0.25) is 0 Å². The van der Waals surface area contributed by atoms with Gasteiger partial charge in [-0.15, -0.1) is 0 Å². The average Bonchev–Trinajstić information content (AvgIpc) is 2.04. The fraction of sp³-hybridized carbons (Fsp3) is 0.444. The number of hydrogen-bond acceptors (Lipinski definition) is 2. The molecule has 1 rings (SSSR count). The molecule has 1 N–H and O–H groups in total. The van der Waals surface area contributed by atoms with Gasteiger partial charge in [0.15, 0.2) is 0 Å². The zero-order chi connectivity index (χ0) is 10.1. The molecule has 1 aromatic heterocycles. The minimum absolute atomic E-state index is 0.275. The number of rotatable bonds is 2. The van der Waals surface area contributed by atoms with Crippen molar-refractivity contribution < 1.29 is 13.9 Å². The van der Waals surface area contributed by atoms with E-state index in [4.69, 9.17) is 0 Å². The van der Waals surface area contributed by atoms with Crippen LogP contribution in [0, 0.1) is 0 Å². The van der Waals surface area contributed by atoms with Gasteiger partial charge in [-0.05, 0) is 26.0 Å². The van der Waals surface area contributed by atoms with Crippen LogP contribution < -0.4 is 0 Å². The van der Waals surface area contributed by atoms with E-state index in [1.807, 2.05) is 0 Å². The number of pyridine rings is 1. The molecule has 0 aromatic carbocycles. The first-order valence-electron chi connectivity index (χ1n) is 3.86. The van der Waals surface area contributed by atoms with Gasteiger partial charge in [0.25, 0.3) is 0 Å². The molecule has 0 amide bonds. The van der Waals surface area contributed by atoms with Crippen LogP contribution in [0.5, 0.6) is 0 Å². The van der Waals surface area contributed by atoms with Crippen LogP contribution in [-0.4, -0.2) is 15.7 Å². The summed E-state index contributed by atoms with van der Waals surface area (Å²) < 4.78 is 26.7. The Balaban J connectivity index is 3.08. The number of aliphatic hydroxyl groups is 1. The summed E-state index contributed by atoms with van der Waals surface area (Å²) in [7, 11) is 0. The second kappa shape index (κ2) is 3.03. The molecular weight excluding hydrogens is 176 g/mol. The number of halogens is 2. The Morgan fingerprint density at radius 2 is 2.00 bits per heavy atom. The Hall–Kier alpha value is -1.03. The van der Waals surface area contributed by atoms with E-state index < -0.39 is 11.5 Å². The van der Waals surface area contributed by atoms with E-state index in [0.717, 1.165) is 20.0 Å². The highest BCUT2D eigenvalue weighted by atomic mass is 19.3. The normalized spacial score (nSPS) is 13.0. The van der Waals surface area contributed by atoms with E-state index in [-0.39, 0.29) is 5.56 Å². The molecule has 1 heterocycles. The van der Waals surface area contributed by atoms with Gasteiger partial charge in [0.2, 0.25) is 0 Å². The quantitative estimate of drug-likeness (QED) is 0.767. The van der Waals surface area contributed by atoms with Gasteiger partial charge in [-0.2, -0.15) is 8.78 Å². The first-order valence-corrected chi connectivity index (χ1v) is 3.86. The van der Waals surface area contributed by atoms with Crippen LogP contribution in [0.3, 0.4) is 0 Å². The smallest absolute Gasteiger partial charge is 0.302 e. The SMILES string of the molecule is CC(C)(O)C(F)(F)c1cccnc1. The number of alkyl halides is 2. The van der Waals surface area contributed by atoms with E-state index in [2.05, 4.69) is 4.98 Å². The lowest BCUT2D eigenvalue weighted by molar-refractivity contribution is -0.168. The summed E-state index contributed by atoms with van der Waals surface area (Å²) in [5.41, 5.74) is -2.35. The molecule has 0 aliphatic carbocycles. The Morgan fingerprint density at radius 1 is 1.38 bits per heavy atom. The van der Waals surface area contributed by atoms with Crippen molar-refractivity contribution in [3.8, 4) is 0 Å². The maximum Gasteiger partial charge on any atom is 0.302 e. The molecule has 4 heteroatoms. The molecule has 0 bridgehead atoms. The third-order valence-electron chi connectivity index (χ3n) is 1.79. The van der Waals surface area contributed by atoms with Crippen molar-refractivity contribution in [3.05, 3.63) is 30.1 Å². The lowest BCUT2D eigenvalue weighted by atomic mass is 9.95. The van der Waals surface area contributed by atoms with Gasteiger partial charge in [0, 0.05) is 18.0 Å². The number of hydrogen-bond donors (Lipinski definition) is 1. The van der Waals surface area contributed by atoms with Crippen molar-refractivity contribution in [3.63, 3.8) is 0 Å². The van der Waals surface area contributed by atoms with Crippen LogP contribution in [-0.2, 0) is 5.92 Å². The van der Waals surface area contributed by atoms with Crippen molar-refractivity contribution >= 4 is 0 Å². The molecule has 2 nitrogen and oxygen atoms in total. The molecule has 13 heavy (non-hydrogen) atoms. The summed E-state index contributed by atoms with van der Waals surface area (Å²) in [5, 5.41) is 9.22. The van der Waals surface area contributed by atoms with Crippen LogP contribution >= 0.6 is 0 Å². The minimum Gasteiger partial charge on any atom is -0.384 e. The predicted octanol–water partition coefficient (Wildman–Crippen LogP) is 1.94. The summed E-state index contributed by atoms with van der Waals surface area (Å²) in [5.74, 6) is -3.28. The van der Waals surface area contributed by atoms with Crippen LogP contribution in [0.15, 0.2) is 24.5 Å². The Bertz CT molecular complexity index is 279. The minimum atomic E-state index is -3.28. The van der Waals surface area contributed by atoms with E-state index in [1.54, 1.807) is 0 Å². The second-order valence-corrected chi connectivity index (χ2v) is 3.38. The zero-order valence-electron chi connectivity index (χ0n) is 7.46. The molecule has 1 aromatic rings. The van der Waals surface area contributed by atoms with Gasteiger partial charge in [-0.3, -0.25) is 4.98 Å². The highest BCUT2D eigenvalue weighted by Gasteiger charge is 2.46. The zero-order valence-corrected chi connectivity index (χ0v) is 7.46. The molecule has 0 unspecified atom stereocenters. The first-order chi connectivity index (χ1) is 5.86. The van der Waals surface area contributed by atoms with Crippen molar-refractivity contribution in [2.75, 3.05) is 0 Å². The Kier molecular flexibility index (Phi) is 2.34. The molecule has 0 aliphatic rings. The van der Waals surface area contributed by atoms with Crippen molar-refractivity contribution in [1.82, 2.24) is 4.98 Å². The molecule has 0 spiro atoms. The summed E-state index contributed by atoms with van der Waals surface area (Å²) in [6.07, 6.45) is 2.46. The highest BCUT2D eigenvalue weighted by Crippen LogP contribution is 2.37. The Labute approximate surface area is 75.2 Å². The molecule has 0 fully saturated rings. The first kappa shape index (κ1) is 10.1. The van der Waals surface area contributed by atoms with Gasteiger partial charge >= 0.3 is 5.92 Å². The molecule has 0 aliphatic heterocycles. The fourth-order valence-corrected chi connectivity index (χ4v) is 0.902. The van der Waals surface area contributed by atoms with Gasteiger partial charge in [0.05, 0.1) is 0 Å². The van der Waals surface area contributed by atoms with E-state index in [1.165, 1.54) is 18.3 Å². The largest absolute Gasteiger partial charge is 0.384 e. The van der Waals surface area contributed by atoms with E-state index >= 15 is 0 Å². The summed E-state index contributed by atoms with van der Waals surface area (Å²) in [6, 6.07) is 2.65. The summed E-state index contributed by atoms with van der Waals surface area (Å²) >= 11 is 0. The third kappa shape index (κ3) is 1.83. The predicted molar refractivity (Wildman–Crippen MR) is 44.4 cm³/mol. The molecule has 0 saturated heterocycles. The van der Waals surface area contributed by atoms with Gasteiger partial charge in [-0.25, -0.2) is 0 Å². The monoisotopic (exact) mass is 187 g/mol. The number of nitrogens with zero attached hydrogens (tertiary/aromatic N) is 1. The lowest BCUT2D eigenvalue weighted by Gasteiger charge is -2.28. The van der Waals surface area contributed by atoms with Crippen molar-refractivity contribution in [2.24, 2.45) is 0 Å². The summed E-state index contributed by atoms with van der Waals surface area (Å²) in [6.45, 7) is 2.14. The molecule has 72 valence electrons. The highest BCUT2D eigenvalue weighted by molar-refractivity contribution is 5.18. The third-order valence-corrected chi connectivity index (χ3v) is 1.79. The van der Waals surface area contributed by atoms with Crippen LogP contribution in [0.4, 0.5) is 8.78 Å². The van der Waals surface area contributed by atoms with E-state index in [0.29, 0.717) is 0 Å². The standard InChI is InChI=1S/C9H11F2NO/c1-8(2,13)9(10,11)7-4-3-5-12-6-7/h3-6,13H,1-2H3. The van der Waals surface area contributed by atoms with Crippen molar-refractivity contribution in [1.29, 1.82) is 0 Å². The Morgan fingerprint density at radius 3 is 2.38 bits per heavy atom. The topological polar surface area (TPSA) is 33.1 Å². The molecular formula is C9H11F2NO. The van der Waals surface area contributed by atoms with Crippen LogP contribution in [0.25, 0.3) is 0 Å². The average molecular weight is 187 g/mol. The fourth-order valence-electron chi connectivity index (χ4n) is 0.902. The summed E-state index contributed by atoms with van der Waals surface area (Å²) in [4.78, 5) is 3.57. The number of aromatic nitrogens is 1. The maximum absolute atomic E-state index is 13.4. The van der Waals surface area contributed by atoms with Gasteiger partial charge in [-0.1, -0.05) is 0 Å². The van der Waals surface area contributed by atoms with Crippen molar-refractivity contribution in [2.45, 2.75) is 25.4 Å². The van der Waals surface area contributed by atoms with E-state index in [9.17, 15) is 13.9 Å². The second-order valence-electron chi connectivity index (χ2n) is 3.38. The maximum atomic E-state index is 13.4.